The molecule has 3 aromatic carbocycles. The van der Waals surface area contributed by atoms with Crippen molar-refractivity contribution in [2.45, 2.75) is 89.4 Å². The van der Waals surface area contributed by atoms with Gasteiger partial charge in [-0.1, -0.05) is 25.3 Å². The van der Waals surface area contributed by atoms with Gasteiger partial charge in [-0.15, -0.1) is 6.42 Å². The molecule has 14 nitrogen and oxygen atoms in total. The Bertz CT molecular complexity index is 2920. The van der Waals surface area contributed by atoms with Gasteiger partial charge in [-0.25, -0.2) is 8.78 Å². The number of hydrogen-bond acceptors (Lipinski definition) is 13. The third-order valence-corrected chi connectivity index (χ3v) is 16.9. The number of aromatic nitrogens is 3. The molecule has 386 valence electrons. The highest BCUT2D eigenvalue weighted by Crippen LogP contribution is 2.41. The van der Waals surface area contributed by atoms with E-state index in [1.54, 1.807) is 29.3 Å². The van der Waals surface area contributed by atoms with Crippen molar-refractivity contribution in [1.29, 1.82) is 0 Å². The molecule has 3 atom stereocenters. The van der Waals surface area contributed by atoms with Crippen LogP contribution in [0.4, 0.5) is 20.3 Å². The summed E-state index contributed by atoms with van der Waals surface area (Å²) in [7, 11) is 7.96. The molecule has 8 heterocycles. The van der Waals surface area contributed by atoms with Gasteiger partial charge in [-0.05, 0) is 137 Å². The number of anilines is 2. The van der Waals surface area contributed by atoms with Crippen molar-refractivity contribution in [3.05, 3.63) is 77.0 Å². The zero-order valence-electron chi connectivity index (χ0n) is 42.7. The Balaban J connectivity index is 0.688. The molecule has 0 N–H and O–H groups in total. The normalized spacial score (nSPS) is 21.6. The van der Waals surface area contributed by atoms with E-state index in [1.165, 1.54) is 38.1 Å². The molecule has 2 radical (unpaired) electrons. The molecule has 5 fully saturated rings. The van der Waals surface area contributed by atoms with Crippen LogP contribution in [0, 0.1) is 41.7 Å². The minimum atomic E-state index is -0.703. The van der Waals surface area contributed by atoms with Crippen LogP contribution in [0.2, 0.25) is 0 Å². The quantitative estimate of drug-likeness (QED) is 0.0374. The van der Waals surface area contributed by atoms with Gasteiger partial charge >= 0.3 is 6.01 Å². The second kappa shape index (κ2) is 21.7. The fraction of sp³-hybridized carbons (Fsp3) is 0.526. The Morgan fingerprint density at radius 1 is 0.878 bits per heavy atom. The molecule has 6 aliphatic rings. The number of carbonyl (C=O) groups excluding carboxylic acids is 2. The first-order valence-electron chi connectivity index (χ1n) is 26.8. The highest BCUT2D eigenvalue weighted by Gasteiger charge is 2.39. The highest BCUT2D eigenvalue weighted by atomic mass is 19.1. The predicted octanol–water partition coefficient (Wildman–Crippen LogP) is 7.48. The van der Waals surface area contributed by atoms with E-state index in [0.29, 0.717) is 78.8 Å². The number of nitrogens with zero attached hydrogens (tertiary/aromatic N) is 9. The van der Waals surface area contributed by atoms with E-state index in [0.717, 1.165) is 101 Å². The van der Waals surface area contributed by atoms with Crippen molar-refractivity contribution < 1.29 is 32.6 Å². The van der Waals surface area contributed by atoms with Crippen LogP contribution in [0.1, 0.15) is 86.2 Å². The molecule has 74 heavy (non-hydrogen) atoms. The molecule has 3 unspecified atom stereocenters. The van der Waals surface area contributed by atoms with E-state index in [2.05, 4.69) is 42.6 Å². The summed E-state index contributed by atoms with van der Waals surface area (Å²) in [6.45, 7) is 12.3. The number of benzene rings is 3. The number of piperazine rings is 1. The summed E-state index contributed by atoms with van der Waals surface area (Å²) < 4.78 is 49.8. The third kappa shape index (κ3) is 10.0. The Labute approximate surface area is 434 Å². The van der Waals surface area contributed by atoms with E-state index in [4.69, 9.17) is 38.6 Å². The summed E-state index contributed by atoms with van der Waals surface area (Å²) in [5.74, 6) is 4.19. The van der Waals surface area contributed by atoms with Gasteiger partial charge in [0.1, 0.15) is 41.5 Å². The summed E-state index contributed by atoms with van der Waals surface area (Å²) in [4.78, 5) is 52.4. The zero-order chi connectivity index (χ0) is 51.0. The summed E-state index contributed by atoms with van der Waals surface area (Å²) in [6.07, 6.45) is 18.0. The number of rotatable bonds is 18. The van der Waals surface area contributed by atoms with Gasteiger partial charge < -0.3 is 43.4 Å². The molecule has 2 aromatic heterocycles. The molecule has 0 aliphatic carbocycles. The van der Waals surface area contributed by atoms with Gasteiger partial charge in [0, 0.05) is 99.3 Å². The van der Waals surface area contributed by atoms with Gasteiger partial charge in [-0.2, -0.15) is 9.97 Å². The number of likely N-dealkylation sites (tertiary alicyclic amines) is 2. The lowest BCUT2D eigenvalue weighted by molar-refractivity contribution is -0.112. The van der Waals surface area contributed by atoms with Crippen LogP contribution in [0.5, 0.6) is 11.8 Å². The number of fused-ring (bicyclic) bond motifs is 5. The Kier molecular flexibility index (Phi) is 14.8. The number of ether oxygens (including phenoxy) is 3. The lowest BCUT2D eigenvalue weighted by Gasteiger charge is -2.44. The molecule has 0 spiro atoms. The van der Waals surface area contributed by atoms with Crippen molar-refractivity contribution >= 4 is 53.4 Å². The molecule has 11 rings (SSSR count). The van der Waals surface area contributed by atoms with Crippen molar-refractivity contribution in [3.8, 4) is 35.4 Å². The van der Waals surface area contributed by atoms with E-state index < -0.39 is 11.6 Å². The Hall–Kier alpha value is -5.93. The Morgan fingerprint density at radius 2 is 1.62 bits per heavy atom. The van der Waals surface area contributed by atoms with Crippen molar-refractivity contribution in [2.24, 2.45) is 17.8 Å². The van der Waals surface area contributed by atoms with Crippen LogP contribution in [0.25, 0.3) is 32.9 Å². The number of methoxy groups -OCH3 is 1. The molecule has 5 aromatic rings. The van der Waals surface area contributed by atoms with Gasteiger partial charge in [0.25, 0.3) is 5.91 Å². The molecule has 6 aliphatic heterocycles. The number of aldehydes is 1. The maximum Gasteiger partial charge on any atom is 0.319 e. The zero-order valence-corrected chi connectivity index (χ0v) is 42.7. The maximum absolute atomic E-state index is 17.3. The van der Waals surface area contributed by atoms with Gasteiger partial charge in [0.05, 0.1) is 17.0 Å². The second-order valence-corrected chi connectivity index (χ2v) is 21.6. The van der Waals surface area contributed by atoms with Crippen LogP contribution in [-0.4, -0.2) is 159 Å². The number of terminal acetylenes is 1. The summed E-state index contributed by atoms with van der Waals surface area (Å²) in [5.41, 5.74) is 3.21. The van der Waals surface area contributed by atoms with E-state index in [-0.39, 0.29) is 59.2 Å². The summed E-state index contributed by atoms with van der Waals surface area (Å²) >= 11 is 0. The van der Waals surface area contributed by atoms with Crippen molar-refractivity contribution in [1.82, 2.24) is 34.5 Å². The van der Waals surface area contributed by atoms with Crippen molar-refractivity contribution in [3.63, 3.8) is 0 Å². The molecular weight excluding hydrogens is 939 g/mol. The predicted molar refractivity (Wildman–Crippen MR) is 282 cm³/mol. The van der Waals surface area contributed by atoms with Crippen LogP contribution in [0.3, 0.4) is 0 Å². The second-order valence-electron chi connectivity index (χ2n) is 21.6. The first kappa shape index (κ1) is 50.2. The number of halogens is 2. The molecule has 1 amide bonds. The minimum absolute atomic E-state index is 0.00114. The Morgan fingerprint density at radius 3 is 2.32 bits per heavy atom. The first-order valence-corrected chi connectivity index (χ1v) is 26.8. The lowest BCUT2D eigenvalue weighted by atomic mass is 9.82. The van der Waals surface area contributed by atoms with Crippen LogP contribution in [-0.2, 0) is 16.1 Å². The minimum Gasteiger partial charge on any atom is -0.468 e. The number of hydrogen-bond donors (Lipinski definition) is 0. The average molecular weight is 1010 g/mol. The van der Waals surface area contributed by atoms with Crippen LogP contribution in [0.15, 0.2) is 48.7 Å². The number of pyridine rings is 1. The average Bonchev–Trinajstić information content (AvgIpc) is 3.81. The van der Waals surface area contributed by atoms with Gasteiger partial charge in [0.15, 0.2) is 20.6 Å². The lowest BCUT2D eigenvalue weighted by Crippen LogP contribution is -2.53. The summed E-state index contributed by atoms with van der Waals surface area (Å²) in [5, 5.41) is 1.34. The largest absolute Gasteiger partial charge is 0.468 e. The SMILES string of the molecule is [B]N1C2CCC1CN(c1nc(OCCN3CCC(CC4CCN(CC5CN(c6ccc7c(c6)CN(C(C=O)CCC)C7=O)C5)CC4)CC3)nc3c(F)c(-c4cc(OCOC)cc5ccc(F)c(C#C)c45)ncc13)C2. The standard InChI is InChI=1S/C57H66BF2N9O5/c1-4-6-44(34-70)68-31-40-24-41(10-11-47(40)56(68)71)66-29-38(30-66)28-65-19-15-37(16-20-65)23-36-13-17-64(18-14-36)21-22-73-57-62-54-49(55(63-57)67-32-42-8-9-43(33-67)69(42)58)27-61-53(52(54)60)48-26-45(74-35-72-3)25-39-7-12-50(59)46(5-2)51(39)48/h2,7,10-12,24-27,34,36-38,42-44H,4,6,8-9,13-23,28-33,35H2,1,3H3. The van der Waals surface area contributed by atoms with Crippen LogP contribution >= 0.6 is 0 Å². The first-order chi connectivity index (χ1) is 36.1. The van der Waals surface area contributed by atoms with Crippen molar-refractivity contribution in [2.75, 3.05) is 95.8 Å². The fourth-order valence-corrected chi connectivity index (χ4v) is 12.8. The van der Waals surface area contributed by atoms with Gasteiger partial charge in [-0.3, -0.25) is 14.7 Å². The van der Waals surface area contributed by atoms with Crippen LogP contribution < -0.4 is 19.3 Å². The smallest absolute Gasteiger partial charge is 0.319 e. The molecule has 2 bridgehead atoms. The monoisotopic (exact) mass is 1010 g/mol. The van der Waals surface area contributed by atoms with E-state index in [1.807, 2.05) is 17.8 Å². The maximum atomic E-state index is 17.3. The summed E-state index contributed by atoms with van der Waals surface area (Å²) in [6, 6.07) is 12.4. The number of amides is 1. The van der Waals surface area contributed by atoms with Gasteiger partial charge in [0.2, 0.25) is 0 Å². The number of carbonyl (C=O) groups is 2. The molecule has 5 saturated heterocycles. The van der Waals surface area contributed by atoms with E-state index in [9.17, 15) is 9.59 Å². The topological polar surface area (TPSA) is 120 Å². The fourth-order valence-electron chi connectivity index (χ4n) is 12.8. The molecular formula is C57H66BF2N9O5. The third-order valence-electron chi connectivity index (χ3n) is 16.9. The molecule has 0 saturated carbocycles. The highest BCUT2D eigenvalue weighted by molar-refractivity contribution is 6.05. The molecule has 17 heteroatoms. The van der Waals surface area contributed by atoms with E-state index >= 15 is 8.78 Å². The number of piperidine rings is 2.